The fourth-order valence-electron chi connectivity index (χ4n) is 1.80. The summed E-state index contributed by atoms with van der Waals surface area (Å²) in [5.74, 6) is -0.640. The lowest BCUT2D eigenvalue weighted by molar-refractivity contribution is -0.112. The number of nitriles is 1. The molecule has 1 aliphatic carbocycles. The van der Waals surface area contributed by atoms with Gasteiger partial charge in [-0.25, -0.2) is 0 Å². The first kappa shape index (κ1) is 13.2. The zero-order valence-electron chi connectivity index (χ0n) is 11.0. The normalized spacial score (nSPS) is 15.4. The number of aliphatic hydroxyl groups excluding tert-OH is 1. The third-order valence-electron chi connectivity index (χ3n) is 3.32. The van der Waals surface area contributed by atoms with E-state index in [0.717, 1.165) is 24.0 Å². The first-order valence-electron chi connectivity index (χ1n) is 6.24. The van der Waals surface area contributed by atoms with Crippen LogP contribution in [0.5, 0.6) is 0 Å². The molecule has 4 nitrogen and oxygen atoms in total. The number of nitrogens with one attached hydrogen (secondary N) is 1. The Morgan fingerprint density at radius 3 is 2.58 bits per heavy atom. The minimum absolute atomic E-state index is 0.0137. The van der Waals surface area contributed by atoms with Gasteiger partial charge in [0.15, 0.2) is 5.57 Å². The van der Waals surface area contributed by atoms with Crippen LogP contribution >= 0.6 is 0 Å². The number of allylic oxidation sites excluding steroid dienone is 1. The Hall–Kier alpha value is -2.28. The van der Waals surface area contributed by atoms with Gasteiger partial charge >= 0.3 is 0 Å². The van der Waals surface area contributed by atoms with Crippen LogP contribution in [0.15, 0.2) is 29.5 Å². The third-order valence-corrected chi connectivity index (χ3v) is 3.32. The average molecular weight is 256 g/mol. The van der Waals surface area contributed by atoms with Crippen molar-refractivity contribution in [2.24, 2.45) is 5.92 Å². The Kier molecular flexibility index (Phi) is 3.57. The van der Waals surface area contributed by atoms with Gasteiger partial charge in [-0.05, 0) is 49.9 Å². The van der Waals surface area contributed by atoms with Crippen LogP contribution in [0.3, 0.4) is 0 Å². The van der Waals surface area contributed by atoms with E-state index in [1.807, 2.05) is 26.0 Å². The van der Waals surface area contributed by atoms with Gasteiger partial charge in [0.25, 0.3) is 5.91 Å². The van der Waals surface area contributed by atoms with Crippen molar-refractivity contribution in [1.82, 2.24) is 0 Å². The van der Waals surface area contributed by atoms with E-state index >= 15 is 0 Å². The summed E-state index contributed by atoms with van der Waals surface area (Å²) >= 11 is 0. The Bertz CT molecular complexity index is 593. The highest BCUT2D eigenvalue weighted by Crippen LogP contribution is 2.36. The van der Waals surface area contributed by atoms with E-state index in [-0.39, 0.29) is 17.3 Å². The molecule has 0 unspecified atom stereocenters. The number of aryl methyl sites for hydroxylation is 2. The molecule has 0 aliphatic heterocycles. The van der Waals surface area contributed by atoms with Crippen molar-refractivity contribution in [2.75, 3.05) is 5.32 Å². The highest BCUT2D eigenvalue weighted by Gasteiger charge is 2.30. The third kappa shape index (κ3) is 2.94. The number of benzene rings is 1. The number of carbonyl (C=O) groups excluding carboxylic acids is 1. The van der Waals surface area contributed by atoms with Crippen molar-refractivity contribution in [2.45, 2.75) is 26.7 Å². The van der Waals surface area contributed by atoms with E-state index in [1.54, 1.807) is 12.1 Å². The first-order chi connectivity index (χ1) is 9.02. The second-order valence-corrected chi connectivity index (χ2v) is 4.90. The van der Waals surface area contributed by atoms with Gasteiger partial charge in [-0.1, -0.05) is 6.07 Å². The Morgan fingerprint density at radius 2 is 2.05 bits per heavy atom. The largest absolute Gasteiger partial charge is 0.510 e. The molecule has 0 radical (unpaired) electrons. The van der Waals surface area contributed by atoms with Crippen LogP contribution < -0.4 is 5.32 Å². The van der Waals surface area contributed by atoms with Gasteiger partial charge in [0, 0.05) is 11.6 Å². The van der Waals surface area contributed by atoms with Crippen molar-refractivity contribution in [3.63, 3.8) is 0 Å². The Morgan fingerprint density at radius 1 is 1.37 bits per heavy atom. The van der Waals surface area contributed by atoms with E-state index in [1.165, 1.54) is 0 Å². The van der Waals surface area contributed by atoms with Crippen LogP contribution in [0, 0.1) is 31.1 Å². The van der Waals surface area contributed by atoms with Gasteiger partial charge < -0.3 is 10.4 Å². The Balaban J connectivity index is 2.18. The molecule has 2 rings (SSSR count). The van der Waals surface area contributed by atoms with Crippen LogP contribution in [-0.2, 0) is 4.79 Å². The molecule has 1 saturated carbocycles. The van der Waals surface area contributed by atoms with Gasteiger partial charge in [-0.15, -0.1) is 0 Å². The zero-order valence-corrected chi connectivity index (χ0v) is 11.0. The van der Waals surface area contributed by atoms with Crippen LogP contribution in [0.4, 0.5) is 5.69 Å². The summed E-state index contributed by atoms with van der Waals surface area (Å²) in [6, 6.07) is 7.32. The van der Waals surface area contributed by atoms with Gasteiger partial charge in [0.1, 0.15) is 11.8 Å². The lowest BCUT2D eigenvalue weighted by Crippen LogP contribution is -2.16. The number of amides is 1. The molecule has 1 amide bonds. The highest BCUT2D eigenvalue weighted by molar-refractivity contribution is 6.07. The number of hydrogen-bond acceptors (Lipinski definition) is 3. The fourth-order valence-corrected chi connectivity index (χ4v) is 1.80. The summed E-state index contributed by atoms with van der Waals surface area (Å²) in [5, 5.41) is 21.4. The van der Waals surface area contributed by atoms with Crippen molar-refractivity contribution in [3.8, 4) is 6.07 Å². The molecule has 4 heteroatoms. The molecular formula is C15H16N2O2. The van der Waals surface area contributed by atoms with E-state index in [0.29, 0.717) is 5.69 Å². The number of nitrogens with zero attached hydrogens (tertiary/aromatic N) is 1. The molecule has 1 fully saturated rings. The number of carbonyl (C=O) groups is 1. The maximum absolute atomic E-state index is 12.0. The lowest BCUT2D eigenvalue weighted by Gasteiger charge is -2.08. The summed E-state index contributed by atoms with van der Waals surface area (Å²) in [6.07, 6.45) is 1.68. The molecular weight excluding hydrogens is 240 g/mol. The number of aliphatic hydroxyl groups is 1. The topological polar surface area (TPSA) is 73.1 Å². The molecule has 98 valence electrons. The summed E-state index contributed by atoms with van der Waals surface area (Å²) < 4.78 is 0. The van der Waals surface area contributed by atoms with Crippen molar-refractivity contribution < 1.29 is 9.90 Å². The predicted octanol–water partition coefficient (Wildman–Crippen LogP) is 2.99. The molecule has 19 heavy (non-hydrogen) atoms. The molecule has 2 N–H and O–H groups in total. The van der Waals surface area contributed by atoms with Crippen molar-refractivity contribution in [1.29, 1.82) is 5.26 Å². The monoisotopic (exact) mass is 256 g/mol. The highest BCUT2D eigenvalue weighted by atomic mass is 16.3. The van der Waals surface area contributed by atoms with Crippen molar-refractivity contribution in [3.05, 3.63) is 40.7 Å². The lowest BCUT2D eigenvalue weighted by atomic mass is 10.1. The molecule has 1 aromatic carbocycles. The summed E-state index contributed by atoms with van der Waals surface area (Å²) in [5.41, 5.74) is 2.65. The number of rotatable bonds is 3. The average Bonchev–Trinajstić information content (AvgIpc) is 3.18. The van der Waals surface area contributed by atoms with E-state index in [9.17, 15) is 9.90 Å². The quantitative estimate of drug-likeness (QED) is 0.496. The van der Waals surface area contributed by atoms with Gasteiger partial charge in [-0.3, -0.25) is 4.79 Å². The molecule has 0 spiro atoms. The Labute approximate surface area is 112 Å². The fraction of sp³-hybridized carbons (Fsp3) is 0.333. The predicted molar refractivity (Wildman–Crippen MR) is 72.5 cm³/mol. The van der Waals surface area contributed by atoms with Crippen molar-refractivity contribution >= 4 is 11.6 Å². The second-order valence-electron chi connectivity index (χ2n) is 4.90. The molecule has 1 aliphatic rings. The molecule has 0 bridgehead atoms. The van der Waals surface area contributed by atoms with Gasteiger partial charge in [-0.2, -0.15) is 5.26 Å². The van der Waals surface area contributed by atoms with Gasteiger partial charge in [0.05, 0.1) is 0 Å². The maximum Gasteiger partial charge on any atom is 0.269 e. The standard InChI is InChI=1S/C15H16N2O2/c1-9-3-6-12(7-10(9)2)17-15(19)13(8-16)14(18)11-4-5-11/h3,6-7,11,18H,4-5H2,1-2H3,(H,17,19)/b14-13-. The second kappa shape index (κ2) is 5.15. The van der Waals surface area contributed by atoms with E-state index in [2.05, 4.69) is 5.32 Å². The molecule has 0 saturated heterocycles. The molecule has 0 aromatic heterocycles. The smallest absolute Gasteiger partial charge is 0.269 e. The number of anilines is 1. The van der Waals surface area contributed by atoms with E-state index < -0.39 is 5.91 Å². The molecule has 1 aromatic rings. The van der Waals surface area contributed by atoms with E-state index in [4.69, 9.17) is 5.26 Å². The molecule has 0 heterocycles. The van der Waals surface area contributed by atoms with Crippen LogP contribution in [0.2, 0.25) is 0 Å². The minimum atomic E-state index is -0.546. The number of hydrogen-bond donors (Lipinski definition) is 2. The zero-order chi connectivity index (χ0) is 14.0. The SMILES string of the molecule is Cc1ccc(NC(=O)/C(C#N)=C(\O)C2CC2)cc1C. The van der Waals surface area contributed by atoms with Crippen LogP contribution in [0.1, 0.15) is 24.0 Å². The van der Waals surface area contributed by atoms with Gasteiger partial charge in [0.2, 0.25) is 0 Å². The minimum Gasteiger partial charge on any atom is -0.510 e. The summed E-state index contributed by atoms with van der Waals surface area (Å²) in [7, 11) is 0. The first-order valence-corrected chi connectivity index (χ1v) is 6.24. The maximum atomic E-state index is 12.0. The molecule has 0 atom stereocenters. The van der Waals surface area contributed by atoms with Crippen LogP contribution in [-0.4, -0.2) is 11.0 Å². The van der Waals surface area contributed by atoms with Crippen LogP contribution in [0.25, 0.3) is 0 Å². The summed E-state index contributed by atoms with van der Waals surface area (Å²) in [4.78, 5) is 12.0. The summed E-state index contributed by atoms with van der Waals surface area (Å²) in [6.45, 7) is 3.94.